The number of rotatable bonds is 6. The molecule has 0 radical (unpaired) electrons. The number of aromatic nitrogens is 4. The van der Waals surface area contributed by atoms with E-state index in [0.29, 0.717) is 48.3 Å². The first kappa shape index (κ1) is 21.3. The van der Waals surface area contributed by atoms with Gasteiger partial charge in [-0.05, 0) is 24.0 Å². The summed E-state index contributed by atoms with van der Waals surface area (Å²) in [6.07, 6.45) is 3.81. The van der Waals surface area contributed by atoms with Crippen LogP contribution < -0.4 is 5.32 Å². The molecule has 29 heavy (non-hydrogen) atoms. The second kappa shape index (κ2) is 8.96. The van der Waals surface area contributed by atoms with Crippen LogP contribution in [-0.2, 0) is 13.1 Å². The van der Waals surface area contributed by atoms with E-state index < -0.39 is 18.6 Å². The van der Waals surface area contributed by atoms with Gasteiger partial charge in [-0.1, -0.05) is 24.3 Å². The van der Waals surface area contributed by atoms with Crippen molar-refractivity contribution < 1.29 is 13.2 Å². The Hall–Kier alpha value is -2.39. The van der Waals surface area contributed by atoms with Gasteiger partial charge in [-0.15, -0.1) is 12.4 Å². The van der Waals surface area contributed by atoms with E-state index in [4.69, 9.17) is 0 Å². The molecule has 1 aliphatic rings. The molecule has 3 aromatic rings. The third-order valence-corrected chi connectivity index (χ3v) is 5.13. The van der Waals surface area contributed by atoms with E-state index >= 15 is 0 Å². The molecule has 0 spiro atoms. The lowest BCUT2D eigenvalue weighted by Crippen LogP contribution is -2.54. The van der Waals surface area contributed by atoms with Crippen molar-refractivity contribution in [2.45, 2.75) is 31.5 Å². The molecule has 6 nitrogen and oxygen atoms in total. The van der Waals surface area contributed by atoms with E-state index in [-0.39, 0.29) is 19.0 Å². The largest absolute Gasteiger partial charge is 0.360 e. The highest BCUT2D eigenvalue weighted by molar-refractivity contribution is 5.86. The van der Waals surface area contributed by atoms with Crippen LogP contribution in [0.15, 0.2) is 36.8 Å². The minimum Gasteiger partial charge on any atom is -0.360 e. The van der Waals surface area contributed by atoms with Crippen molar-refractivity contribution >= 4 is 29.3 Å². The molecule has 1 atom stereocenters. The Morgan fingerprint density at radius 1 is 1.17 bits per heavy atom. The highest BCUT2D eigenvalue weighted by Gasteiger charge is 2.44. The number of H-pyrrole nitrogens is 1. The highest BCUT2D eigenvalue weighted by Crippen LogP contribution is 2.31. The van der Waals surface area contributed by atoms with Gasteiger partial charge in [-0.25, -0.2) is 23.1 Å². The van der Waals surface area contributed by atoms with Crippen LogP contribution in [0.3, 0.4) is 0 Å². The summed E-state index contributed by atoms with van der Waals surface area (Å²) in [6, 6.07) is 6.18. The quantitative estimate of drug-likeness (QED) is 0.630. The molecule has 1 aliphatic heterocycles. The van der Waals surface area contributed by atoms with E-state index in [1.165, 1.54) is 12.5 Å². The summed E-state index contributed by atoms with van der Waals surface area (Å²) in [7, 11) is 0. The number of anilines is 1. The Balaban J connectivity index is 0.00000240. The number of hydrogen-bond donors (Lipinski definition) is 2. The fourth-order valence-electron chi connectivity index (χ4n) is 3.51. The van der Waals surface area contributed by atoms with Crippen molar-refractivity contribution in [3.8, 4) is 0 Å². The minimum atomic E-state index is -2.89. The van der Waals surface area contributed by atoms with Gasteiger partial charge >= 0.3 is 0 Å². The summed E-state index contributed by atoms with van der Waals surface area (Å²) < 4.78 is 42.1. The van der Waals surface area contributed by atoms with Crippen molar-refractivity contribution in [3.05, 3.63) is 47.9 Å². The minimum absolute atomic E-state index is 0. The van der Waals surface area contributed by atoms with Crippen LogP contribution >= 0.6 is 12.4 Å². The monoisotopic (exact) mass is 426 g/mol. The van der Waals surface area contributed by atoms with Crippen molar-refractivity contribution in [2.24, 2.45) is 0 Å². The summed E-state index contributed by atoms with van der Waals surface area (Å²) in [5.41, 5.74) is 2.15. The van der Waals surface area contributed by atoms with Crippen molar-refractivity contribution in [1.82, 2.24) is 25.1 Å². The lowest BCUT2D eigenvalue weighted by molar-refractivity contribution is -0.0734. The Kier molecular flexibility index (Phi) is 6.59. The van der Waals surface area contributed by atoms with Gasteiger partial charge in [-0.2, -0.15) is 5.10 Å². The number of piperidine rings is 1. The third-order valence-electron chi connectivity index (χ3n) is 5.13. The molecule has 0 amide bonds. The fourth-order valence-corrected chi connectivity index (χ4v) is 3.51. The Bertz CT molecular complexity index is 933. The molecule has 2 N–H and O–H groups in total. The van der Waals surface area contributed by atoms with Gasteiger partial charge in [0.2, 0.25) is 0 Å². The van der Waals surface area contributed by atoms with E-state index in [0.717, 1.165) is 5.56 Å². The topological polar surface area (TPSA) is 69.7 Å². The molecule has 4 rings (SSSR count). The van der Waals surface area contributed by atoms with Gasteiger partial charge < -0.3 is 5.32 Å². The van der Waals surface area contributed by atoms with E-state index in [2.05, 4.69) is 25.5 Å². The first-order valence-corrected chi connectivity index (χ1v) is 9.20. The van der Waals surface area contributed by atoms with Crippen LogP contribution in [0, 0.1) is 0 Å². The molecular formula is C19H22ClF3N6. The van der Waals surface area contributed by atoms with Crippen LogP contribution in [-0.4, -0.2) is 56.7 Å². The van der Waals surface area contributed by atoms with E-state index in [9.17, 15) is 13.2 Å². The maximum atomic E-state index is 14.7. The molecule has 1 saturated heterocycles. The molecule has 10 heteroatoms. The van der Waals surface area contributed by atoms with Crippen LogP contribution in [0.5, 0.6) is 0 Å². The zero-order valence-corrected chi connectivity index (χ0v) is 16.4. The zero-order chi connectivity index (χ0) is 19.6. The molecule has 1 aromatic carbocycles. The molecule has 2 aromatic heterocycles. The molecule has 3 heterocycles. The smallest absolute Gasteiger partial charge is 0.280 e. The number of alkyl halides is 3. The third kappa shape index (κ3) is 4.79. The predicted octanol–water partition coefficient (Wildman–Crippen LogP) is 3.61. The number of nitrogens with zero attached hydrogens (tertiary/aromatic N) is 4. The molecule has 0 saturated carbocycles. The van der Waals surface area contributed by atoms with Gasteiger partial charge in [0.05, 0.1) is 24.2 Å². The standard InChI is InChI=1S/C19H21F3N6.ClH/c20-9-14-3-1-13(2-4-14)5-7-28-8-6-16(19(21,22)11-28)26-17-15-10-25-27-18(15)24-12-23-17;/h1-4,10,12,16H,5-9,11H2,(H2,23,24,25,26,27);1H/t16-;/m1./s1. The van der Waals surface area contributed by atoms with Gasteiger partial charge in [0.25, 0.3) is 5.92 Å². The van der Waals surface area contributed by atoms with Crippen molar-refractivity contribution in [1.29, 1.82) is 0 Å². The molecule has 156 valence electrons. The predicted molar refractivity (Wildman–Crippen MR) is 107 cm³/mol. The number of benzene rings is 1. The Morgan fingerprint density at radius 2 is 1.93 bits per heavy atom. The number of aromatic amines is 1. The fraction of sp³-hybridized carbons (Fsp3) is 0.421. The molecule has 1 fully saturated rings. The average Bonchev–Trinajstić information content (AvgIpc) is 3.18. The zero-order valence-electron chi connectivity index (χ0n) is 15.6. The number of likely N-dealkylation sites (tertiary alicyclic amines) is 1. The number of halogens is 4. The number of hydrogen-bond acceptors (Lipinski definition) is 5. The first-order chi connectivity index (χ1) is 13.5. The van der Waals surface area contributed by atoms with Gasteiger partial charge in [0.1, 0.15) is 18.8 Å². The Morgan fingerprint density at radius 3 is 2.66 bits per heavy atom. The molecule has 0 bridgehead atoms. The van der Waals surface area contributed by atoms with E-state index in [1.807, 2.05) is 12.1 Å². The highest BCUT2D eigenvalue weighted by atomic mass is 35.5. The molecule has 0 unspecified atom stereocenters. The van der Waals surface area contributed by atoms with Crippen LogP contribution in [0.1, 0.15) is 17.5 Å². The first-order valence-electron chi connectivity index (χ1n) is 9.20. The summed E-state index contributed by atoms with van der Waals surface area (Å²) in [6.45, 7) is 0.295. The summed E-state index contributed by atoms with van der Waals surface area (Å²) in [5, 5.41) is 10.1. The maximum Gasteiger partial charge on any atom is 0.280 e. The molecule has 0 aliphatic carbocycles. The van der Waals surface area contributed by atoms with Crippen molar-refractivity contribution in [3.63, 3.8) is 0 Å². The van der Waals surface area contributed by atoms with Crippen LogP contribution in [0.25, 0.3) is 11.0 Å². The lowest BCUT2D eigenvalue weighted by Gasteiger charge is -2.38. The second-order valence-corrected chi connectivity index (χ2v) is 7.08. The second-order valence-electron chi connectivity index (χ2n) is 7.08. The maximum absolute atomic E-state index is 14.7. The summed E-state index contributed by atoms with van der Waals surface area (Å²) >= 11 is 0. The molecular weight excluding hydrogens is 405 g/mol. The Labute approximate surface area is 172 Å². The lowest BCUT2D eigenvalue weighted by atomic mass is 9.99. The number of nitrogens with one attached hydrogen (secondary N) is 2. The van der Waals surface area contributed by atoms with Gasteiger partial charge in [0, 0.05) is 13.1 Å². The van der Waals surface area contributed by atoms with Crippen LogP contribution in [0.4, 0.5) is 19.0 Å². The van der Waals surface area contributed by atoms with Gasteiger partial charge in [0.15, 0.2) is 5.65 Å². The van der Waals surface area contributed by atoms with Crippen molar-refractivity contribution in [2.75, 3.05) is 25.0 Å². The van der Waals surface area contributed by atoms with Crippen LogP contribution in [0.2, 0.25) is 0 Å². The average molecular weight is 427 g/mol. The number of fused-ring (bicyclic) bond motifs is 1. The van der Waals surface area contributed by atoms with Gasteiger partial charge in [-0.3, -0.25) is 10.00 Å². The summed E-state index contributed by atoms with van der Waals surface area (Å²) in [4.78, 5) is 9.89. The normalized spacial score (nSPS) is 19.1. The van der Waals surface area contributed by atoms with E-state index in [1.54, 1.807) is 17.0 Å². The summed E-state index contributed by atoms with van der Waals surface area (Å²) in [5.74, 6) is -2.53. The SMILES string of the molecule is Cl.FCc1ccc(CCN2CC[C@@H](Nc3ncnc4[nH]ncc34)C(F)(F)C2)cc1.